The van der Waals surface area contributed by atoms with E-state index < -0.39 is 6.04 Å². The smallest absolute Gasteiger partial charge is 0.253 e. The standard InChI is InChI=1S/C18H27N3O2.ClH/c1-13-5-7-14(8-6-13)16(22)20-9-11-21(12-10-20)17(23)15(19)18(2,3)4;/h5-8,15H,9-12,19H2,1-4H3;1H/t15-;/m1./s1. The quantitative estimate of drug-likeness (QED) is 0.885. The molecule has 1 fully saturated rings. The number of halogens is 1. The first-order chi connectivity index (χ1) is 10.7. The number of piperazine rings is 1. The summed E-state index contributed by atoms with van der Waals surface area (Å²) in [5.74, 6) is -0.00264. The molecule has 2 rings (SSSR count). The van der Waals surface area contributed by atoms with Gasteiger partial charge in [0, 0.05) is 31.7 Å². The number of rotatable bonds is 2. The van der Waals surface area contributed by atoms with E-state index in [2.05, 4.69) is 0 Å². The molecular weight excluding hydrogens is 326 g/mol. The Morgan fingerprint density at radius 3 is 1.92 bits per heavy atom. The maximum atomic E-state index is 12.5. The molecule has 5 nitrogen and oxygen atoms in total. The third-order valence-corrected chi connectivity index (χ3v) is 4.38. The van der Waals surface area contributed by atoms with Gasteiger partial charge in [0.2, 0.25) is 5.91 Å². The summed E-state index contributed by atoms with van der Waals surface area (Å²) in [4.78, 5) is 28.5. The lowest BCUT2D eigenvalue weighted by Crippen LogP contribution is -2.56. The second-order valence-electron chi connectivity index (χ2n) is 7.33. The highest BCUT2D eigenvalue weighted by Crippen LogP contribution is 2.20. The van der Waals surface area contributed by atoms with E-state index in [1.165, 1.54) is 0 Å². The molecule has 6 heteroatoms. The summed E-state index contributed by atoms with van der Waals surface area (Å²) in [6, 6.07) is 7.07. The molecule has 0 radical (unpaired) electrons. The number of carbonyl (C=O) groups excluding carboxylic acids is 2. The highest BCUT2D eigenvalue weighted by molar-refractivity contribution is 5.94. The number of carbonyl (C=O) groups is 2. The summed E-state index contributed by atoms with van der Waals surface area (Å²) in [7, 11) is 0. The fraction of sp³-hybridized carbons (Fsp3) is 0.556. The minimum atomic E-state index is -0.512. The van der Waals surface area contributed by atoms with Crippen molar-refractivity contribution >= 4 is 24.2 Å². The topological polar surface area (TPSA) is 66.6 Å². The maximum Gasteiger partial charge on any atom is 0.253 e. The van der Waals surface area contributed by atoms with Gasteiger partial charge in [-0.1, -0.05) is 38.5 Å². The molecule has 1 aliphatic rings. The molecule has 24 heavy (non-hydrogen) atoms. The van der Waals surface area contributed by atoms with E-state index in [4.69, 9.17) is 5.73 Å². The number of nitrogens with zero attached hydrogens (tertiary/aromatic N) is 2. The minimum Gasteiger partial charge on any atom is -0.338 e. The second kappa shape index (κ2) is 7.99. The molecule has 134 valence electrons. The fourth-order valence-corrected chi connectivity index (χ4v) is 2.58. The van der Waals surface area contributed by atoms with Gasteiger partial charge in [0.15, 0.2) is 0 Å². The third-order valence-electron chi connectivity index (χ3n) is 4.38. The zero-order valence-electron chi connectivity index (χ0n) is 14.9. The zero-order valence-corrected chi connectivity index (χ0v) is 15.7. The second-order valence-corrected chi connectivity index (χ2v) is 7.33. The van der Waals surface area contributed by atoms with Crippen LogP contribution in [0.15, 0.2) is 24.3 Å². The summed E-state index contributed by atoms with van der Waals surface area (Å²) in [6.07, 6.45) is 0. The molecule has 0 saturated carbocycles. The van der Waals surface area contributed by atoms with Gasteiger partial charge in [0.1, 0.15) is 0 Å². The fourth-order valence-electron chi connectivity index (χ4n) is 2.58. The zero-order chi connectivity index (χ0) is 17.2. The van der Waals surface area contributed by atoms with Crippen molar-refractivity contribution in [1.29, 1.82) is 0 Å². The average molecular weight is 354 g/mol. The molecule has 1 atom stereocenters. The van der Waals surface area contributed by atoms with Crippen LogP contribution in [-0.4, -0.2) is 53.8 Å². The number of amides is 2. The number of hydrogen-bond acceptors (Lipinski definition) is 3. The molecule has 0 aromatic heterocycles. The van der Waals surface area contributed by atoms with Crippen LogP contribution in [-0.2, 0) is 4.79 Å². The Balaban J connectivity index is 0.00000288. The Kier molecular flexibility index (Phi) is 6.81. The molecule has 1 aromatic rings. The lowest BCUT2D eigenvalue weighted by molar-refractivity contribution is -0.136. The molecule has 0 spiro atoms. The molecule has 1 saturated heterocycles. The number of nitrogens with two attached hydrogens (primary N) is 1. The van der Waals surface area contributed by atoms with Crippen LogP contribution in [0, 0.1) is 12.3 Å². The van der Waals surface area contributed by atoms with E-state index >= 15 is 0 Å². The lowest BCUT2D eigenvalue weighted by Gasteiger charge is -2.38. The Bertz CT molecular complexity index is 573. The van der Waals surface area contributed by atoms with Crippen molar-refractivity contribution < 1.29 is 9.59 Å². The Morgan fingerprint density at radius 2 is 1.46 bits per heavy atom. The van der Waals surface area contributed by atoms with Gasteiger partial charge in [-0.3, -0.25) is 9.59 Å². The molecule has 0 bridgehead atoms. The van der Waals surface area contributed by atoms with Crippen molar-refractivity contribution in [2.45, 2.75) is 33.7 Å². The Morgan fingerprint density at radius 1 is 1.00 bits per heavy atom. The van der Waals surface area contributed by atoms with Crippen LogP contribution < -0.4 is 5.73 Å². The van der Waals surface area contributed by atoms with Gasteiger partial charge in [0.05, 0.1) is 6.04 Å². The number of aryl methyl sites for hydroxylation is 1. The summed E-state index contributed by atoms with van der Waals surface area (Å²) in [5, 5.41) is 0. The Hall–Kier alpha value is -1.59. The van der Waals surface area contributed by atoms with Crippen molar-refractivity contribution in [1.82, 2.24) is 9.80 Å². The van der Waals surface area contributed by atoms with E-state index in [1.807, 2.05) is 52.0 Å². The first kappa shape index (κ1) is 20.5. The average Bonchev–Trinajstić information content (AvgIpc) is 2.53. The van der Waals surface area contributed by atoms with Gasteiger partial charge in [-0.25, -0.2) is 0 Å². The molecule has 1 heterocycles. The molecule has 0 unspecified atom stereocenters. The maximum absolute atomic E-state index is 12.5. The SMILES string of the molecule is Cc1ccc(C(=O)N2CCN(C(=O)[C@@H](N)C(C)(C)C)CC2)cc1.Cl. The molecule has 2 amide bonds. The molecule has 0 aliphatic carbocycles. The van der Waals surface area contributed by atoms with Crippen LogP contribution in [0.5, 0.6) is 0 Å². The minimum absolute atomic E-state index is 0. The van der Waals surface area contributed by atoms with E-state index in [0.717, 1.165) is 5.56 Å². The van der Waals surface area contributed by atoms with Crippen LogP contribution in [0.1, 0.15) is 36.7 Å². The molecule has 2 N–H and O–H groups in total. The predicted molar refractivity (Wildman–Crippen MR) is 98.3 cm³/mol. The van der Waals surface area contributed by atoms with Crippen LogP contribution in [0.2, 0.25) is 0 Å². The van der Waals surface area contributed by atoms with Crippen LogP contribution >= 0.6 is 12.4 Å². The van der Waals surface area contributed by atoms with E-state index in [9.17, 15) is 9.59 Å². The van der Waals surface area contributed by atoms with Gasteiger partial charge >= 0.3 is 0 Å². The van der Waals surface area contributed by atoms with Crippen molar-refractivity contribution in [3.8, 4) is 0 Å². The normalized spacial score (nSPS) is 16.4. The highest BCUT2D eigenvalue weighted by atomic mass is 35.5. The lowest BCUT2D eigenvalue weighted by atomic mass is 9.86. The van der Waals surface area contributed by atoms with Gasteiger partial charge in [0.25, 0.3) is 5.91 Å². The van der Waals surface area contributed by atoms with Crippen molar-refractivity contribution in [3.63, 3.8) is 0 Å². The van der Waals surface area contributed by atoms with Crippen molar-refractivity contribution in [2.75, 3.05) is 26.2 Å². The largest absolute Gasteiger partial charge is 0.338 e. The van der Waals surface area contributed by atoms with Gasteiger partial charge in [-0.2, -0.15) is 0 Å². The highest BCUT2D eigenvalue weighted by Gasteiger charge is 2.33. The first-order valence-electron chi connectivity index (χ1n) is 8.10. The van der Waals surface area contributed by atoms with Crippen LogP contribution in [0.25, 0.3) is 0 Å². The van der Waals surface area contributed by atoms with Crippen LogP contribution in [0.3, 0.4) is 0 Å². The Labute approximate surface area is 150 Å². The molecule has 1 aromatic carbocycles. The third kappa shape index (κ3) is 4.71. The summed E-state index contributed by atoms with van der Waals surface area (Å²) in [5.41, 5.74) is 7.62. The monoisotopic (exact) mass is 353 g/mol. The van der Waals surface area contributed by atoms with Gasteiger partial charge in [-0.15, -0.1) is 12.4 Å². The molecule has 1 aliphatic heterocycles. The van der Waals surface area contributed by atoms with Gasteiger partial charge in [-0.05, 0) is 24.5 Å². The summed E-state index contributed by atoms with van der Waals surface area (Å²) < 4.78 is 0. The number of benzene rings is 1. The van der Waals surface area contributed by atoms with Crippen LogP contribution in [0.4, 0.5) is 0 Å². The summed E-state index contributed by atoms with van der Waals surface area (Å²) >= 11 is 0. The van der Waals surface area contributed by atoms with Crippen molar-refractivity contribution in [3.05, 3.63) is 35.4 Å². The predicted octanol–water partition coefficient (Wildman–Crippen LogP) is 2.07. The van der Waals surface area contributed by atoms with E-state index in [1.54, 1.807) is 9.80 Å². The van der Waals surface area contributed by atoms with Gasteiger partial charge < -0.3 is 15.5 Å². The summed E-state index contributed by atoms with van der Waals surface area (Å²) in [6.45, 7) is 10.1. The van der Waals surface area contributed by atoms with E-state index in [-0.39, 0.29) is 29.6 Å². The van der Waals surface area contributed by atoms with E-state index in [0.29, 0.717) is 31.7 Å². The van der Waals surface area contributed by atoms with Crippen molar-refractivity contribution in [2.24, 2.45) is 11.1 Å². The molecular formula is C18H28ClN3O2. The first-order valence-corrected chi connectivity index (χ1v) is 8.10. The number of hydrogen-bond donors (Lipinski definition) is 1.